The molecule has 4 rings (SSSR count). The van der Waals surface area contributed by atoms with Crippen LogP contribution in [-0.2, 0) is 27.9 Å². The number of fused-ring (bicyclic) bond motifs is 2. The molecule has 2 saturated heterocycles. The molecule has 182 valence electrons. The van der Waals surface area contributed by atoms with E-state index in [2.05, 4.69) is 20.0 Å². The van der Waals surface area contributed by atoms with Crippen molar-refractivity contribution in [3.63, 3.8) is 0 Å². The van der Waals surface area contributed by atoms with E-state index >= 15 is 0 Å². The molecular weight excluding hydrogens is 455 g/mol. The SMILES string of the molecule is CCOc1nc(N)nc2c1ncn2[C@@H]1O[C@@H]2COP(=O)(NCCC(=O)OC(C)C)O[C@H]2[C@@H]1C. The molecule has 5 atom stereocenters. The third-order valence-corrected chi connectivity index (χ3v) is 6.90. The molecule has 0 aromatic carbocycles. The molecule has 1 unspecified atom stereocenters. The van der Waals surface area contributed by atoms with Gasteiger partial charge in [-0.2, -0.15) is 9.97 Å². The Kier molecular flexibility index (Phi) is 6.87. The van der Waals surface area contributed by atoms with Crippen LogP contribution in [0.2, 0.25) is 0 Å². The van der Waals surface area contributed by atoms with Gasteiger partial charge in [-0.3, -0.25) is 18.4 Å². The summed E-state index contributed by atoms with van der Waals surface area (Å²) in [7, 11) is -3.62. The fourth-order valence-corrected chi connectivity index (χ4v) is 5.49. The zero-order valence-corrected chi connectivity index (χ0v) is 19.9. The minimum Gasteiger partial charge on any atom is -0.476 e. The van der Waals surface area contributed by atoms with Gasteiger partial charge in [0.15, 0.2) is 11.2 Å². The number of nitrogen functional groups attached to an aromatic ring is 1. The summed E-state index contributed by atoms with van der Waals surface area (Å²) in [5.74, 6) is -0.258. The summed E-state index contributed by atoms with van der Waals surface area (Å²) in [6, 6.07) is 0. The zero-order chi connectivity index (χ0) is 23.8. The molecular formula is C19H29N6O7P. The summed E-state index contributed by atoms with van der Waals surface area (Å²) in [5, 5.41) is 2.73. The van der Waals surface area contributed by atoms with E-state index in [1.165, 1.54) is 0 Å². The van der Waals surface area contributed by atoms with E-state index in [9.17, 15) is 9.36 Å². The summed E-state index contributed by atoms with van der Waals surface area (Å²) < 4.78 is 42.9. The van der Waals surface area contributed by atoms with Gasteiger partial charge in [-0.1, -0.05) is 6.92 Å². The number of rotatable bonds is 8. The molecule has 2 aliphatic heterocycles. The van der Waals surface area contributed by atoms with E-state index in [0.29, 0.717) is 23.7 Å². The summed E-state index contributed by atoms with van der Waals surface area (Å²) in [6.45, 7) is 7.86. The number of aromatic nitrogens is 4. The number of esters is 1. The Labute approximate surface area is 190 Å². The van der Waals surface area contributed by atoms with E-state index in [0.717, 1.165) is 0 Å². The molecule has 33 heavy (non-hydrogen) atoms. The lowest BCUT2D eigenvalue weighted by Gasteiger charge is -2.32. The van der Waals surface area contributed by atoms with Gasteiger partial charge in [0.05, 0.1) is 32.1 Å². The van der Waals surface area contributed by atoms with Gasteiger partial charge in [0, 0.05) is 12.5 Å². The number of carbonyl (C=O) groups is 1. The third-order valence-electron chi connectivity index (χ3n) is 5.28. The first-order valence-corrected chi connectivity index (χ1v) is 12.4. The molecule has 2 aromatic heterocycles. The minimum absolute atomic E-state index is 0.0436. The van der Waals surface area contributed by atoms with Crippen LogP contribution < -0.4 is 15.6 Å². The van der Waals surface area contributed by atoms with E-state index in [1.54, 1.807) is 24.7 Å². The lowest BCUT2D eigenvalue weighted by Crippen LogP contribution is -2.38. The van der Waals surface area contributed by atoms with E-state index in [-0.39, 0.29) is 37.5 Å². The largest absolute Gasteiger partial charge is 0.476 e. The predicted molar refractivity (Wildman–Crippen MR) is 116 cm³/mol. The van der Waals surface area contributed by atoms with E-state index in [1.807, 2.05) is 13.8 Å². The normalized spacial score (nSPS) is 29.4. The van der Waals surface area contributed by atoms with Crippen LogP contribution in [0.4, 0.5) is 5.95 Å². The third kappa shape index (κ3) is 4.97. The van der Waals surface area contributed by atoms with Gasteiger partial charge in [-0.15, -0.1) is 0 Å². The molecule has 0 saturated carbocycles. The molecule has 0 radical (unpaired) electrons. The van der Waals surface area contributed by atoms with E-state index in [4.69, 9.17) is 29.0 Å². The number of hydrogen-bond donors (Lipinski definition) is 2. The van der Waals surface area contributed by atoms with Crippen molar-refractivity contribution in [2.45, 2.75) is 58.7 Å². The number of nitrogens with two attached hydrogens (primary N) is 1. The first kappa shape index (κ1) is 23.8. The Bertz CT molecular complexity index is 1060. The highest BCUT2D eigenvalue weighted by atomic mass is 31.2. The number of nitrogens with zero attached hydrogens (tertiary/aromatic N) is 4. The number of carbonyl (C=O) groups excluding carboxylic acids is 1. The van der Waals surface area contributed by atoms with Crippen molar-refractivity contribution in [3.8, 4) is 5.88 Å². The van der Waals surface area contributed by atoms with Gasteiger partial charge in [0.25, 0.3) is 0 Å². The number of ether oxygens (including phenoxy) is 3. The highest BCUT2D eigenvalue weighted by Gasteiger charge is 2.51. The summed E-state index contributed by atoms with van der Waals surface area (Å²) in [4.78, 5) is 24.5. The molecule has 2 aliphatic rings. The van der Waals surface area contributed by atoms with Crippen LogP contribution in [0.5, 0.6) is 5.88 Å². The number of nitrogens with one attached hydrogen (secondary N) is 1. The van der Waals surface area contributed by atoms with Gasteiger partial charge < -0.3 is 19.9 Å². The van der Waals surface area contributed by atoms with Crippen molar-refractivity contribution >= 4 is 30.8 Å². The molecule has 0 aliphatic carbocycles. The predicted octanol–water partition coefficient (Wildman–Crippen LogP) is 1.80. The maximum atomic E-state index is 13.1. The summed E-state index contributed by atoms with van der Waals surface area (Å²) in [6.07, 6.45) is -0.0457. The lowest BCUT2D eigenvalue weighted by atomic mass is 10.0. The Morgan fingerprint density at radius 3 is 2.94 bits per heavy atom. The van der Waals surface area contributed by atoms with Gasteiger partial charge in [-0.25, -0.2) is 14.6 Å². The molecule has 4 heterocycles. The first-order chi connectivity index (χ1) is 15.7. The van der Waals surface area contributed by atoms with Crippen molar-refractivity contribution in [1.82, 2.24) is 24.6 Å². The molecule has 0 spiro atoms. The average molecular weight is 484 g/mol. The summed E-state index contributed by atoms with van der Waals surface area (Å²) in [5.41, 5.74) is 6.79. The second-order valence-electron chi connectivity index (χ2n) is 8.13. The zero-order valence-electron chi connectivity index (χ0n) is 19.0. The molecule has 0 bridgehead atoms. The number of anilines is 1. The quantitative estimate of drug-likeness (QED) is 0.413. The van der Waals surface area contributed by atoms with Crippen LogP contribution in [0.1, 0.15) is 40.3 Å². The lowest BCUT2D eigenvalue weighted by molar-refractivity contribution is -0.147. The van der Waals surface area contributed by atoms with Crippen molar-refractivity contribution in [3.05, 3.63) is 6.33 Å². The topological polar surface area (TPSA) is 162 Å². The molecule has 2 aromatic rings. The standard InChI is InChI=1S/C19H29N6O7P/c1-5-28-17-14-16(23-19(20)24-17)25(9-21-14)18-11(4)15-12(31-18)8-29-33(27,32-15)22-7-6-13(26)30-10(2)3/h9-12,15,18H,5-8H2,1-4H3,(H,22,27)(H2,20,23,24)/t11-,12+,15-,18+,33?/m0/s1. The molecule has 3 N–H and O–H groups in total. The van der Waals surface area contributed by atoms with E-state index < -0.39 is 32.2 Å². The van der Waals surface area contributed by atoms with Gasteiger partial charge in [0.2, 0.25) is 11.8 Å². The van der Waals surface area contributed by atoms with Crippen LogP contribution in [0.15, 0.2) is 6.33 Å². The maximum absolute atomic E-state index is 13.1. The fraction of sp³-hybridized carbons (Fsp3) is 0.684. The number of imidazole rings is 1. The van der Waals surface area contributed by atoms with Crippen molar-refractivity contribution in [2.75, 3.05) is 25.5 Å². The molecule has 2 fully saturated rings. The Morgan fingerprint density at radius 1 is 1.42 bits per heavy atom. The Hall–Kier alpha value is -2.31. The average Bonchev–Trinajstić information content (AvgIpc) is 3.28. The van der Waals surface area contributed by atoms with Crippen LogP contribution in [0.3, 0.4) is 0 Å². The van der Waals surface area contributed by atoms with Gasteiger partial charge in [-0.05, 0) is 20.8 Å². The summed E-state index contributed by atoms with van der Waals surface area (Å²) >= 11 is 0. The van der Waals surface area contributed by atoms with Gasteiger partial charge >= 0.3 is 13.7 Å². The fourth-order valence-electron chi connectivity index (χ4n) is 3.89. The Morgan fingerprint density at radius 2 is 2.21 bits per heavy atom. The van der Waals surface area contributed by atoms with Crippen LogP contribution in [0.25, 0.3) is 11.2 Å². The highest BCUT2D eigenvalue weighted by molar-refractivity contribution is 7.51. The first-order valence-electron chi connectivity index (χ1n) is 10.9. The maximum Gasteiger partial charge on any atom is 0.405 e. The van der Waals surface area contributed by atoms with Crippen LogP contribution in [0, 0.1) is 5.92 Å². The Balaban J connectivity index is 1.46. The molecule has 13 nitrogen and oxygen atoms in total. The molecule has 14 heteroatoms. The van der Waals surface area contributed by atoms with Crippen molar-refractivity contribution in [2.24, 2.45) is 5.92 Å². The highest BCUT2D eigenvalue weighted by Crippen LogP contribution is 2.54. The van der Waals surface area contributed by atoms with Crippen LogP contribution in [-0.4, -0.2) is 63.6 Å². The van der Waals surface area contributed by atoms with Gasteiger partial charge in [0.1, 0.15) is 18.4 Å². The second-order valence-corrected chi connectivity index (χ2v) is 9.91. The van der Waals surface area contributed by atoms with Crippen molar-refractivity contribution in [1.29, 1.82) is 0 Å². The second kappa shape index (κ2) is 9.51. The van der Waals surface area contributed by atoms with Crippen molar-refractivity contribution < 1.29 is 32.6 Å². The smallest absolute Gasteiger partial charge is 0.405 e. The number of hydrogen-bond acceptors (Lipinski definition) is 11. The minimum atomic E-state index is -3.62. The van der Waals surface area contributed by atoms with Crippen LogP contribution >= 0.6 is 7.75 Å². The molecule has 0 amide bonds. The monoisotopic (exact) mass is 484 g/mol.